The van der Waals surface area contributed by atoms with Crippen LogP contribution in [-0.2, 0) is 4.79 Å². The van der Waals surface area contributed by atoms with Gasteiger partial charge in [0.1, 0.15) is 0 Å². The maximum atomic E-state index is 12.6. The quantitative estimate of drug-likeness (QED) is 0.766. The van der Waals surface area contributed by atoms with Crippen LogP contribution in [0.1, 0.15) is 73.8 Å². The number of amides is 1. The van der Waals surface area contributed by atoms with E-state index in [2.05, 4.69) is 24.1 Å². The number of hydrogen-bond acceptors (Lipinski definition) is 2. The predicted molar refractivity (Wildman–Crippen MR) is 113 cm³/mol. The summed E-state index contributed by atoms with van der Waals surface area (Å²) in [7, 11) is 0. The highest BCUT2D eigenvalue weighted by Gasteiger charge is 2.27. The Morgan fingerprint density at radius 3 is 2.50 bits per heavy atom. The van der Waals surface area contributed by atoms with E-state index in [4.69, 9.17) is 11.6 Å². The summed E-state index contributed by atoms with van der Waals surface area (Å²) in [6.07, 6.45) is 5.49. The molecule has 2 aromatic rings. The highest BCUT2D eigenvalue weighted by molar-refractivity contribution is 6.31. The van der Waals surface area contributed by atoms with Gasteiger partial charge in [0.25, 0.3) is 5.56 Å². The number of aromatic nitrogens is 1. The van der Waals surface area contributed by atoms with Gasteiger partial charge in [-0.1, -0.05) is 49.7 Å². The highest BCUT2D eigenvalue weighted by atomic mass is 35.5. The predicted octanol–water partition coefficient (Wildman–Crippen LogP) is 4.74. The third-order valence-electron chi connectivity index (χ3n) is 5.58. The van der Waals surface area contributed by atoms with Crippen LogP contribution in [0.25, 0.3) is 5.57 Å². The topological polar surface area (TPSA) is 62.0 Å². The highest BCUT2D eigenvalue weighted by Crippen LogP contribution is 2.38. The van der Waals surface area contributed by atoms with Crippen molar-refractivity contribution in [2.24, 2.45) is 0 Å². The Labute approximate surface area is 170 Å². The number of carbonyl (C=O) groups is 1. The number of benzene rings is 1. The SMILES string of the molecule is CC(C)c1ccc(C(=C[C@H]2CCC(=O)N2)c2ccc(C3CC3)c(=O)[nH]2)cc1Cl. The van der Waals surface area contributed by atoms with Crippen LogP contribution in [0.5, 0.6) is 0 Å². The van der Waals surface area contributed by atoms with E-state index in [9.17, 15) is 9.59 Å². The van der Waals surface area contributed by atoms with Crippen LogP contribution < -0.4 is 10.9 Å². The molecular weight excluding hydrogens is 372 g/mol. The lowest BCUT2D eigenvalue weighted by Crippen LogP contribution is -2.23. The number of rotatable bonds is 5. The molecule has 0 unspecified atom stereocenters. The van der Waals surface area contributed by atoms with Crippen LogP contribution in [-0.4, -0.2) is 16.9 Å². The van der Waals surface area contributed by atoms with Crippen LogP contribution in [0.4, 0.5) is 0 Å². The van der Waals surface area contributed by atoms with Crippen molar-refractivity contribution in [2.75, 3.05) is 0 Å². The van der Waals surface area contributed by atoms with E-state index in [-0.39, 0.29) is 17.5 Å². The summed E-state index contributed by atoms with van der Waals surface area (Å²) in [4.78, 5) is 27.3. The number of aromatic amines is 1. The van der Waals surface area contributed by atoms with Crippen molar-refractivity contribution in [3.05, 3.63) is 74.2 Å². The number of halogens is 1. The first-order valence-corrected chi connectivity index (χ1v) is 10.3. The van der Waals surface area contributed by atoms with E-state index in [1.54, 1.807) is 0 Å². The van der Waals surface area contributed by atoms with Crippen molar-refractivity contribution in [3.8, 4) is 0 Å². The number of H-pyrrole nitrogens is 1. The molecule has 2 heterocycles. The Morgan fingerprint density at radius 1 is 1.14 bits per heavy atom. The van der Waals surface area contributed by atoms with Gasteiger partial charge in [0.2, 0.25) is 5.91 Å². The molecule has 2 fully saturated rings. The minimum Gasteiger partial charge on any atom is -0.350 e. The Bertz CT molecular complexity index is 1000. The summed E-state index contributed by atoms with van der Waals surface area (Å²) in [6.45, 7) is 4.22. The molecule has 5 heteroatoms. The summed E-state index contributed by atoms with van der Waals surface area (Å²) >= 11 is 6.53. The van der Waals surface area contributed by atoms with Gasteiger partial charge in [-0.15, -0.1) is 0 Å². The van der Waals surface area contributed by atoms with Crippen LogP contribution in [0, 0.1) is 0 Å². The molecule has 0 radical (unpaired) electrons. The van der Waals surface area contributed by atoms with E-state index in [1.807, 2.05) is 36.4 Å². The lowest BCUT2D eigenvalue weighted by atomic mass is 9.95. The normalized spacial score (nSPS) is 19.9. The number of carbonyl (C=O) groups excluding carboxylic acids is 1. The first-order chi connectivity index (χ1) is 13.4. The van der Waals surface area contributed by atoms with Crippen molar-refractivity contribution in [1.29, 1.82) is 0 Å². The van der Waals surface area contributed by atoms with Crippen LogP contribution in [0.3, 0.4) is 0 Å². The monoisotopic (exact) mass is 396 g/mol. The van der Waals surface area contributed by atoms with Gasteiger partial charge in [-0.25, -0.2) is 0 Å². The van der Waals surface area contributed by atoms with Gasteiger partial charge in [0.15, 0.2) is 0 Å². The second-order valence-electron chi connectivity index (χ2n) is 8.11. The van der Waals surface area contributed by atoms with Gasteiger partial charge in [0, 0.05) is 34.3 Å². The molecule has 1 saturated carbocycles. The molecule has 1 saturated heterocycles. The number of nitrogens with one attached hydrogen (secondary N) is 2. The summed E-state index contributed by atoms with van der Waals surface area (Å²) < 4.78 is 0. The second kappa shape index (κ2) is 7.59. The standard InChI is InChI=1S/C23H25ClN2O2/c1-13(2)17-7-5-15(11-20(17)24)19(12-16-6-10-22(27)25-16)21-9-8-18(14-3-4-14)23(28)26-21/h5,7-9,11-14,16H,3-4,6,10H2,1-2H3,(H,25,27)(H,26,28)/t16-/m1/s1. The Balaban J connectivity index is 1.77. The lowest BCUT2D eigenvalue weighted by Gasteiger charge is -2.15. The molecule has 1 aromatic heterocycles. The molecule has 2 N–H and O–H groups in total. The van der Waals surface area contributed by atoms with Gasteiger partial charge >= 0.3 is 0 Å². The summed E-state index contributed by atoms with van der Waals surface area (Å²) in [5.74, 6) is 0.797. The molecule has 0 spiro atoms. The van der Waals surface area contributed by atoms with E-state index in [0.717, 1.165) is 47.2 Å². The Kier molecular flexibility index (Phi) is 5.15. The number of hydrogen-bond donors (Lipinski definition) is 2. The second-order valence-corrected chi connectivity index (χ2v) is 8.52. The molecule has 28 heavy (non-hydrogen) atoms. The minimum atomic E-state index is -0.0438. The molecule has 1 aliphatic carbocycles. The first kappa shape index (κ1) is 19.0. The van der Waals surface area contributed by atoms with E-state index in [0.29, 0.717) is 23.3 Å². The number of pyridine rings is 1. The fourth-order valence-corrected chi connectivity index (χ4v) is 4.22. The smallest absolute Gasteiger partial charge is 0.251 e. The first-order valence-electron chi connectivity index (χ1n) is 9.97. The van der Waals surface area contributed by atoms with Gasteiger partial charge in [0.05, 0.1) is 0 Å². The van der Waals surface area contributed by atoms with Crippen molar-refractivity contribution < 1.29 is 4.79 Å². The third kappa shape index (κ3) is 3.93. The van der Waals surface area contributed by atoms with Crippen molar-refractivity contribution in [1.82, 2.24) is 10.3 Å². The third-order valence-corrected chi connectivity index (χ3v) is 5.90. The molecule has 1 amide bonds. The van der Waals surface area contributed by atoms with E-state index in [1.165, 1.54) is 0 Å². The summed E-state index contributed by atoms with van der Waals surface area (Å²) in [6, 6.07) is 9.90. The van der Waals surface area contributed by atoms with Crippen molar-refractivity contribution in [2.45, 2.75) is 57.4 Å². The average molecular weight is 397 g/mol. The molecule has 4 nitrogen and oxygen atoms in total. The largest absolute Gasteiger partial charge is 0.350 e. The van der Waals surface area contributed by atoms with Gasteiger partial charge in [-0.05, 0) is 54.4 Å². The van der Waals surface area contributed by atoms with Gasteiger partial charge in [-0.3, -0.25) is 9.59 Å². The fourth-order valence-electron chi connectivity index (χ4n) is 3.83. The molecule has 2 aliphatic rings. The zero-order chi connectivity index (χ0) is 19.8. The molecule has 1 aliphatic heterocycles. The average Bonchev–Trinajstić information content (AvgIpc) is 3.40. The molecule has 1 aromatic carbocycles. The van der Waals surface area contributed by atoms with Crippen LogP contribution in [0.15, 0.2) is 41.2 Å². The Hall–Kier alpha value is -2.33. The Morgan fingerprint density at radius 2 is 1.93 bits per heavy atom. The lowest BCUT2D eigenvalue weighted by molar-refractivity contribution is -0.119. The minimum absolute atomic E-state index is 0.0220. The van der Waals surface area contributed by atoms with Crippen molar-refractivity contribution >= 4 is 23.1 Å². The maximum Gasteiger partial charge on any atom is 0.251 e. The van der Waals surface area contributed by atoms with Crippen molar-refractivity contribution in [3.63, 3.8) is 0 Å². The fraction of sp³-hybridized carbons (Fsp3) is 0.391. The van der Waals surface area contributed by atoms with Gasteiger partial charge in [-0.2, -0.15) is 0 Å². The van der Waals surface area contributed by atoms with E-state index < -0.39 is 0 Å². The molecule has 1 atom stereocenters. The molecular formula is C23H25ClN2O2. The maximum absolute atomic E-state index is 12.6. The summed E-state index contributed by atoms with van der Waals surface area (Å²) in [5, 5.41) is 3.70. The summed E-state index contributed by atoms with van der Waals surface area (Å²) in [5.41, 5.74) is 4.52. The van der Waals surface area contributed by atoms with Crippen LogP contribution >= 0.6 is 11.6 Å². The molecule has 146 valence electrons. The molecule has 4 rings (SSSR count). The zero-order valence-electron chi connectivity index (χ0n) is 16.2. The van der Waals surface area contributed by atoms with E-state index >= 15 is 0 Å². The van der Waals surface area contributed by atoms with Gasteiger partial charge < -0.3 is 10.3 Å². The van der Waals surface area contributed by atoms with Crippen LogP contribution in [0.2, 0.25) is 5.02 Å². The zero-order valence-corrected chi connectivity index (χ0v) is 17.0. The molecule has 0 bridgehead atoms.